The molecule has 2 aromatic carbocycles. The van der Waals surface area contributed by atoms with Crippen LogP contribution in [-0.4, -0.2) is 5.11 Å². The molecular formula is C19H24O. The summed E-state index contributed by atoms with van der Waals surface area (Å²) in [6, 6.07) is 16.4. The van der Waals surface area contributed by atoms with Crippen molar-refractivity contribution in [3.05, 3.63) is 65.2 Å². The van der Waals surface area contributed by atoms with Gasteiger partial charge in [0.05, 0.1) is 0 Å². The summed E-state index contributed by atoms with van der Waals surface area (Å²) in [5.74, 6) is 1.21. The highest BCUT2D eigenvalue weighted by atomic mass is 16.3. The summed E-state index contributed by atoms with van der Waals surface area (Å²) in [6.07, 6.45) is 2.45. The Morgan fingerprint density at radius 3 is 2.10 bits per heavy atom. The molecule has 2 unspecified atom stereocenters. The van der Waals surface area contributed by atoms with Gasteiger partial charge >= 0.3 is 0 Å². The minimum atomic E-state index is 0.215. The summed E-state index contributed by atoms with van der Waals surface area (Å²) >= 11 is 0. The molecule has 0 aliphatic heterocycles. The van der Waals surface area contributed by atoms with Crippen LogP contribution in [0, 0.1) is 0 Å². The highest BCUT2D eigenvalue weighted by molar-refractivity contribution is 5.41. The zero-order chi connectivity index (χ0) is 14.5. The van der Waals surface area contributed by atoms with Crippen LogP contribution in [0.25, 0.3) is 0 Å². The van der Waals surface area contributed by atoms with Gasteiger partial charge in [-0.3, -0.25) is 0 Å². The van der Waals surface area contributed by atoms with Crippen LogP contribution < -0.4 is 0 Å². The van der Waals surface area contributed by atoms with Crippen molar-refractivity contribution in [3.63, 3.8) is 0 Å². The third-order valence-electron chi connectivity index (χ3n) is 4.13. The second-order valence-corrected chi connectivity index (χ2v) is 5.64. The molecule has 0 aromatic heterocycles. The molecule has 0 aliphatic carbocycles. The standard InChI is InChI=1S/C19H24O/c1-4-7-14(2)16-10-12-17(13-11-16)15(3)18-8-5-6-9-19(18)20/h5-6,8-15,20H,4,7H2,1-3H3. The number of hydrogen-bond donors (Lipinski definition) is 1. The zero-order valence-electron chi connectivity index (χ0n) is 12.6. The monoisotopic (exact) mass is 268 g/mol. The van der Waals surface area contributed by atoms with Gasteiger partial charge in [0.1, 0.15) is 5.75 Å². The van der Waals surface area contributed by atoms with Crippen molar-refractivity contribution in [2.24, 2.45) is 0 Å². The topological polar surface area (TPSA) is 20.2 Å². The van der Waals surface area contributed by atoms with Crippen molar-refractivity contribution >= 4 is 0 Å². The average molecular weight is 268 g/mol. The first-order chi connectivity index (χ1) is 9.63. The SMILES string of the molecule is CCCC(C)c1ccc(C(C)c2ccccc2O)cc1. The first kappa shape index (κ1) is 14.6. The predicted molar refractivity (Wildman–Crippen MR) is 85.4 cm³/mol. The van der Waals surface area contributed by atoms with Crippen LogP contribution in [0.1, 0.15) is 62.1 Å². The molecule has 2 aromatic rings. The summed E-state index contributed by atoms with van der Waals surface area (Å²) in [7, 11) is 0. The fourth-order valence-electron chi connectivity index (χ4n) is 2.75. The molecule has 2 atom stereocenters. The lowest BCUT2D eigenvalue weighted by Crippen LogP contribution is -1.98. The summed E-state index contributed by atoms with van der Waals surface area (Å²) in [4.78, 5) is 0. The van der Waals surface area contributed by atoms with Crippen LogP contribution in [0.3, 0.4) is 0 Å². The number of hydrogen-bond acceptors (Lipinski definition) is 1. The largest absolute Gasteiger partial charge is 0.508 e. The smallest absolute Gasteiger partial charge is 0.119 e. The molecule has 1 heteroatoms. The van der Waals surface area contributed by atoms with Crippen molar-refractivity contribution in [1.82, 2.24) is 0 Å². The molecule has 0 heterocycles. The number of benzene rings is 2. The molecule has 20 heavy (non-hydrogen) atoms. The van der Waals surface area contributed by atoms with Gasteiger partial charge in [-0.2, -0.15) is 0 Å². The molecule has 1 nitrogen and oxygen atoms in total. The van der Waals surface area contributed by atoms with Crippen LogP contribution in [0.4, 0.5) is 0 Å². The van der Waals surface area contributed by atoms with E-state index in [9.17, 15) is 5.11 Å². The van der Waals surface area contributed by atoms with Crippen molar-refractivity contribution in [2.75, 3.05) is 0 Å². The lowest BCUT2D eigenvalue weighted by Gasteiger charge is -2.16. The fraction of sp³-hybridized carbons (Fsp3) is 0.368. The van der Waals surface area contributed by atoms with E-state index in [2.05, 4.69) is 45.0 Å². The van der Waals surface area contributed by atoms with E-state index in [1.165, 1.54) is 24.0 Å². The summed E-state index contributed by atoms with van der Waals surface area (Å²) < 4.78 is 0. The molecule has 0 saturated heterocycles. The minimum Gasteiger partial charge on any atom is -0.508 e. The Morgan fingerprint density at radius 1 is 0.900 bits per heavy atom. The van der Waals surface area contributed by atoms with Crippen LogP contribution in [-0.2, 0) is 0 Å². The van der Waals surface area contributed by atoms with Crippen LogP contribution in [0.15, 0.2) is 48.5 Å². The molecule has 0 radical (unpaired) electrons. The highest BCUT2D eigenvalue weighted by Gasteiger charge is 2.12. The zero-order valence-corrected chi connectivity index (χ0v) is 12.6. The fourth-order valence-corrected chi connectivity index (χ4v) is 2.75. The molecular weight excluding hydrogens is 244 g/mol. The third kappa shape index (κ3) is 3.22. The maximum absolute atomic E-state index is 9.96. The van der Waals surface area contributed by atoms with Crippen molar-refractivity contribution in [1.29, 1.82) is 0 Å². The number of rotatable bonds is 5. The van der Waals surface area contributed by atoms with Crippen molar-refractivity contribution in [3.8, 4) is 5.75 Å². The summed E-state index contributed by atoms with van der Waals surface area (Å²) in [5, 5.41) is 9.96. The minimum absolute atomic E-state index is 0.215. The Hall–Kier alpha value is -1.76. The molecule has 0 saturated carbocycles. The van der Waals surface area contributed by atoms with E-state index < -0.39 is 0 Å². The van der Waals surface area contributed by atoms with E-state index in [-0.39, 0.29) is 5.92 Å². The van der Waals surface area contributed by atoms with E-state index in [0.717, 1.165) is 5.56 Å². The highest BCUT2D eigenvalue weighted by Crippen LogP contribution is 2.31. The van der Waals surface area contributed by atoms with Gasteiger partial charge in [0.15, 0.2) is 0 Å². The summed E-state index contributed by atoms with van der Waals surface area (Å²) in [5.41, 5.74) is 3.64. The van der Waals surface area contributed by atoms with E-state index in [1.54, 1.807) is 6.07 Å². The van der Waals surface area contributed by atoms with Crippen molar-refractivity contribution < 1.29 is 5.11 Å². The molecule has 0 spiro atoms. The molecule has 106 valence electrons. The van der Waals surface area contributed by atoms with Gasteiger partial charge in [-0.1, -0.05) is 69.7 Å². The first-order valence-corrected chi connectivity index (χ1v) is 7.51. The van der Waals surface area contributed by atoms with Gasteiger partial charge in [-0.05, 0) is 29.5 Å². The first-order valence-electron chi connectivity index (χ1n) is 7.51. The summed E-state index contributed by atoms with van der Waals surface area (Å²) in [6.45, 7) is 6.65. The van der Waals surface area contributed by atoms with E-state index in [4.69, 9.17) is 0 Å². The Labute approximate surface area is 122 Å². The molecule has 0 fully saturated rings. The van der Waals surface area contributed by atoms with Gasteiger partial charge in [0.2, 0.25) is 0 Å². The molecule has 1 N–H and O–H groups in total. The van der Waals surface area contributed by atoms with Crippen LogP contribution in [0.5, 0.6) is 5.75 Å². The Morgan fingerprint density at radius 2 is 1.50 bits per heavy atom. The Bertz CT molecular complexity index is 542. The van der Waals surface area contributed by atoms with Gasteiger partial charge in [-0.15, -0.1) is 0 Å². The van der Waals surface area contributed by atoms with Crippen molar-refractivity contribution in [2.45, 2.75) is 45.4 Å². The Balaban J connectivity index is 2.20. The molecule has 0 amide bonds. The van der Waals surface area contributed by atoms with Crippen LogP contribution >= 0.6 is 0 Å². The van der Waals surface area contributed by atoms with Gasteiger partial charge in [0, 0.05) is 11.5 Å². The van der Waals surface area contributed by atoms with Crippen LogP contribution in [0.2, 0.25) is 0 Å². The second-order valence-electron chi connectivity index (χ2n) is 5.64. The Kier molecular flexibility index (Phi) is 4.84. The molecule has 0 aliphatic rings. The molecule has 0 bridgehead atoms. The number of aromatic hydroxyl groups is 1. The van der Waals surface area contributed by atoms with Gasteiger partial charge in [0.25, 0.3) is 0 Å². The maximum Gasteiger partial charge on any atom is 0.119 e. The number of para-hydroxylation sites is 1. The number of phenols is 1. The second kappa shape index (κ2) is 6.60. The quantitative estimate of drug-likeness (QED) is 0.764. The van der Waals surface area contributed by atoms with E-state index >= 15 is 0 Å². The van der Waals surface area contributed by atoms with Gasteiger partial charge < -0.3 is 5.11 Å². The third-order valence-corrected chi connectivity index (χ3v) is 4.13. The average Bonchev–Trinajstić information content (AvgIpc) is 2.47. The molecule has 2 rings (SSSR count). The van der Waals surface area contributed by atoms with Gasteiger partial charge in [-0.25, -0.2) is 0 Å². The lowest BCUT2D eigenvalue weighted by atomic mass is 9.89. The predicted octanol–water partition coefficient (Wildman–Crippen LogP) is 5.45. The van der Waals surface area contributed by atoms with E-state index in [1.807, 2.05) is 18.2 Å². The lowest BCUT2D eigenvalue weighted by molar-refractivity contribution is 0.466. The van der Waals surface area contributed by atoms with E-state index in [0.29, 0.717) is 11.7 Å². The number of phenolic OH excluding ortho intramolecular Hbond substituents is 1. The maximum atomic E-state index is 9.96. The normalized spacial score (nSPS) is 13.9.